The van der Waals surface area contributed by atoms with Gasteiger partial charge in [-0.1, -0.05) is 19.0 Å². The lowest BCUT2D eigenvalue weighted by Gasteiger charge is -2.23. The average Bonchev–Trinajstić information content (AvgIpc) is 3.04. The minimum absolute atomic E-state index is 0.0360. The summed E-state index contributed by atoms with van der Waals surface area (Å²) in [4.78, 5) is 12.4. The van der Waals surface area contributed by atoms with E-state index in [-0.39, 0.29) is 17.3 Å². The van der Waals surface area contributed by atoms with Crippen molar-refractivity contribution in [2.45, 2.75) is 42.8 Å². The highest BCUT2D eigenvalue weighted by Crippen LogP contribution is 2.28. The van der Waals surface area contributed by atoms with Crippen molar-refractivity contribution in [1.29, 1.82) is 0 Å². The number of aliphatic hydroxyl groups excluding tert-OH is 1. The summed E-state index contributed by atoms with van der Waals surface area (Å²) in [6.07, 6.45) is 0. The smallest absolute Gasteiger partial charge is 0.246 e. The molecule has 2 N–H and O–H groups in total. The summed E-state index contributed by atoms with van der Waals surface area (Å²) < 4.78 is 41.8. The summed E-state index contributed by atoms with van der Waals surface area (Å²) >= 11 is 0. The molecule has 0 spiro atoms. The number of benzene rings is 1. The van der Waals surface area contributed by atoms with Gasteiger partial charge >= 0.3 is 0 Å². The van der Waals surface area contributed by atoms with E-state index in [1.807, 2.05) is 0 Å². The van der Waals surface area contributed by atoms with Crippen molar-refractivity contribution in [3.8, 4) is 0 Å². The van der Waals surface area contributed by atoms with Gasteiger partial charge in [-0.15, -0.1) is 0 Å². The van der Waals surface area contributed by atoms with Crippen molar-refractivity contribution in [3.05, 3.63) is 41.9 Å². The lowest BCUT2D eigenvalue weighted by atomic mass is 9.92. The Morgan fingerprint density at radius 3 is 2.35 bits per heavy atom. The van der Waals surface area contributed by atoms with Crippen LogP contribution >= 0.6 is 0 Å². The van der Waals surface area contributed by atoms with Crippen LogP contribution in [0.5, 0.6) is 0 Å². The Morgan fingerprint density at radius 1 is 1.23 bits per heavy atom. The molecule has 1 aromatic carbocycles. The second-order valence-corrected chi connectivity index (χ2v) is 9.54. The molecule has 0 fully saturated rings. The van der Waals surface area contributed by atoms with Gasteiger partial charge in [-0.2, -0.15) is 0 Å². The van der Waals surface area contributed by atoms with Gasteiger partial charge in [0.15, 0.2) is 15.7 Å². The molecule has 0 aliphatic carbocycles. The quantitative estimate of drug-likeness (QED) is 0.740. The zero-order chi connectivity index (χ0) is 19.8. The van der Waals surface area contributed by atoms with Crippen LogP contribution < -0.4 is 5.32 Å². The standard InChI is InChI=1S/C17H21FN2O5S/c1-16(2,10-21)13-9-14(20-25-13)19-15(22)17(3,4)26(23,24)12-7-5-11(18)6-8-12/h5-9,21H,10H2,1-4H3,(H,19,20,22). The summed E-state index contributed by atoms with van der Waals surface area (Å²) in [5.41, 5.74) is -0.703. The number of hydrogen-bond donors (Lipinski definition) is 2. The van der Waals surface area contributed by atoms with Crippen LogP contribution in [0.4, 0.5) is 10.2 Å². The molecule has 1 heterocycles. The van der Waals surface area contributed by atoms with Crippen molar-refractivity contribution in [2.24, 2.45) is 0 Å². The number of amides is 1. The first-order valence-electron chi connectivity index (χ1n) is 7.81. The summed E-state index contributed by atoms with van der Waals surface area (Å²) in [6.45, 7) is 5.75. The van der Waals surface area contributed by atoms with Crippen molar-refractivity contribution < 1.29 is 27.2 Å². The molecule has 2 rings (SSSR count). The van der Waals surface area contributed by atoms with Gasteiger partial charge in [0.25, 0.3) is 0 Å². The number of carbonyl (C=O) groups excluding carboxylic acids is 1. The maximum Gasteiger partial charge on any atom is 0.246 e. The number of nitrogens with one attached hydrogen (secondary N) is 1. The molecule has 0 atom stereocenters. The zero-order valence-electron chi connectivity index (χ0n) is 14.9. The van der Waals surface area contributed by atoms with E-state index < -0.39 is 31.7 Å². The van der Waals surface area contributed by atoms with E-state index in [1.165, 1.54) is 19.9 Å². The van der Waals surface area contributed by atoms with Gasteiger partial charge < -0.3 is 14.9 Å². The number of aromatic nitrogens is 1. The zero-order valence-corrected chi connectivity index (χ0v) is 15.7. The fourth-order valence-corrected chi connectivity index (χ4v) is 3.41. The molecule has 7 nitrogen and oxygen atoms in total. The van der Waals surface area contributed by atoms with Crippen LogP contribution in [-0.4, -0.2) is 35.9 Å². The fraction of sp³-hybridized carbons (Fsp3) is 0.412. The first-order valence-corrected chi connectivity index (χ1v) is 9.30. The molecule has 1 amide bonds. The second-order valence-electron chi connectivity index (χ2n) is 7.04. The summed E-state index contributed by atoms with van der Waals surface area (Å²) in [7, 11) is -4.08. The average molecular weight is 384 g/mol. The third-order valence-electron chi connectivity index (χ3n) is 4.16. The van der Waals surface area contributed by atoms with Crippen LogP contribution in [0, 0.1) is 5.82 Å². The molecule has 2 aromatic rings. The van der Waals surface area contributed by atoms with Crippen LogP contribution in [-0.2, 0) is 20.0 Å². The van der Waals surface area contributed by atoms with Gasteiger partial charge in [0.1, 0.15) is 16.3 Å². The van der Waals surface area contributed by atoms with E-state index >= 15 is 0 Å². The highest BCUT2D eigenvalue weighted by atomic mass is 32.2. The van der Waals surface area contributed by atoms with E-state index in [0.29, 0.717) is 5.76 Å². The number of aliphatic hydroxyl groups is 1. The highest BCUT2D eigenvalue weighted by molar-refractivity contribution is 7.93. The maximum atomic E-state index is 13.0. The SMILES string of the molecule is CC(C)(CO)c1cc(NC(=O)C(C)(C)S(=O)(=O)c2ccc(F)cc2)no1. The first kappa shape index (κ1) is 20.1. The lowest BCUT2D eigenvalue weighted by molar-refractivity contribution is -0.117. The Labute approximate surface area is 151 Å². The molecule has 0 bridgehead atoms. The number of anilines is 1. The predicted molar refractivity (Wildman–Crippen MR) is 92.9 cm³/mol. The van der Waals surface area contributed by atoms with Gasteiger partial charge in [-0.05, 0) is 38.1 Å². The topological polar surface area (TPSA) is 110 Å². The fourth-order valence-electron chi connectivity index (χ4n) is 2.03. The number of sulfone groups is 1. The van der Waals surface area contributed by atoms with Crippen molar-refractivity contribution in [3.63, 3.8) is 0 Å². The molecule has 142 valence electrons. The monoisotopic (exact) mass is 384 g/mol. The van der Waals surface area contributed by atoms with Crippen LogP contribution in [0.25, 0.3) is 0 Å². The minimum atomic E-state index is -4.08. The summed E-state index contributed by atoms with van der Waals surface area (Å²) in [5, 5.41) is 15.4. The third-order valence-corrected chi connectivity index (χ3v) is 6.58. The Bertz CT molecular complexity index is 901. The molecule has 0 unspecified atom stereocenters. The van der Waals surface area contributed by atoms with Gasteiger partial charge in [0.2, 0.25) is 5.91 Å². The molecule has 0 aliphatic heterocycles. The molecule has 0 saturated heterocycles. The molecule has 9 heteroatoms. The molecule has 0 radical (unpaired) electrons. The maximum absolute atomic E-state index is 13.0. The molecule has 0 saturated carbocycles. The third kappa shape index (κ3) is 3.63. The number of hydrogen-bond acceptors (Lipinski definition) is 6. The van der Waals surface area contributed by atoms with Gasteiger partial charge in [0.05, 0.1) is 11.5 Å². The number of nitrogens with zero attached hydrogens (tertiary/aromatic N) is 1. The normalized spacial score (nSPS) is 12.8. The first-order chi connectivity index (χ1) is 11.9. The van der Waals surface area contributed by atoms with Crippen molar-refractivity contribution in [1.82, 2.24) is 5.16 Å². The largest absolute Gasteiger partial charge is 0.395 e. The number of rotatable bonds is 6. The predicted octanol–water partition coefficient (Wildman–Crippen LogP) is 2.27. The highest BCUT2D eigenvalue weighted by Gasteiger charge is 2.43. The van der Waals surface area contributed by atoms with E-state index in [1.54, 1.807) is 13.8 Å². The van der Waals surface area contributed by atoms with Crippen LogP contribution in [0.2, 0.25) is 0 Å². The molecule has 0 aliphatic rings. The van der Waals surface area contributed by atoms with E-state index in [9.17, 15) is 22.7 Å². The van der Waals surface area contributed by atoms with Crippen molar-refractivity contribution in [2.75, 3.05) is 11.9 Å². The minimum Gasteiger partial charge on any atom is -0.395 e. The van der Waals surface area contributed by atoms with E-state index in [2.05, 4.69) is 10.5 Å². The molecule has 26 heavy (non-hydrogen) atoms. The molecular formula is C17H21FN2O5S. The number of halogens is 1. The van der Waals surface area contributed by atoms with E-state index in [0.717, 1.165) is 24.3 Å². The number of carbonyl (C=O) groups is 1. The van der Waals surface area contributed by atoms with Crippen LogP contribution in [0.15, 0.2) is 39.8 Å². The Balaban J connectivity index is 2.26. The lowest BCUT2D eigenvalue weighted by Crippen LogP contribution is -2.44. The van der Waals surface area contributed by atoms with Crippen molar-refractivity contribution >= 4 is 21.6 Å². The van der Waals surface area contributed by atoms with Gasteiger partial charge in [0, 0.05) is 11.5 Å². The second kappa shape index (κ2) is 6.81. The molecular weight excluding hydrogens is 363 g/mol. The van der Waals surface area contributed by atoms with E-state index in [4.69, 9.17) is 4.52 Å². The Morgan fingerprint density at radius 2 is 1.81 bits per heavy atom. The van der Waals surface area contributed by atoms with Crippen LogP contribution in [0.1, 0.15) is 33.5 Å². The van der Waals surface area contributed by atoms with Gasteiger partial charge in [-0.3, -0.25) is 4.79 Å². The Hall–Kier alpha value is -2.26. The van der Waals surface area contributed by atoms with Gasteiger partial charge in [-0.25, -0.2) is 12.8 Å². The summed E-state index contributed by atoms with van der Waals surface area (Å²) in [5.74, 6) is -1.01. The Kier molecular flexibility index (Phi) is 5.25. The summed E-state index contributed by atoms with van der Waals surface area (Å²) in [6, 6.07) is 5.67. The van der Waals surface area contributed by atoms with Crippen LogP contribution in [0.3, 0.4) is 0 Å². The molecule has 1 aromatic heterocycles.